The zero-order valence-electron chi connectivity index (χ0n) is 14.1. The van der Waals surface area contributed by atoms with E-state index in [9.17, 15) is 0 Å². The first kappa shape index (κ1) is 17.2. The maximum Gasteiger partial charge on any atom is 0.00104 e. The maximum absolute atomic E-state index is 3.63. The number of hydrogen-bond acceptors (Lipinski definition) is 1. The van der Waals surface area contributed by atoms with Gasteiger partial charge in [0.15, 0.2) is 0 Å². The SMILES string of the molecule is CCC(CC)CC(CNC(C)C)Cc1ccc(C)cc1. The first-order valence-corrected chi connectivity index (χ1v) is 8.34. The lowest BCUT2D eigenvalue weighted by Crippen LogP contribution is -2.31. The average Bonchev–Trinajstić information content (AvgIpc) is 2.44. The third-order valence-electron chi connectivity index (χ3n) is 4.28. The summed E-state index contributed by atoms with van der Waals surface area (Å²) in [4.78, 5) is 0. The molecule has 0 heterocycles. The smallest absolute Gasteiger partial charge is 0.00104 e. The average molecular weight is 275 g/mol. The summed E-state index contributed by atoms with van der Waals surface area (Å²) >= 11 is 0. The van der Waals surface area contributed by atoms with Crippen molar-refractivity contribution in [2.45, 2.75) is 66.3 Å². The highest BCUT2D eigenvalue weighted by Gasteiger charge is 2.15. The fraction of sp³-hybridized carbons (Fsp3) is 0.684. The van der Waals surface area contributed by atoms with Crippen LogP contribution in [-0.2, 0) is 6.42 Å². The Morgan fingerprint density at radius 3 is 2.05 bits per heavy atom. The van der Waals surface area contributed by atoms with Crippen LogP contribution in [0.15, 0.2) is 24.3 Å². The lowest BCUT2D eigenvalue weighted by molar-refractivity contribution is 0.331. The summed E-state index contributed by atoms with van der Waals surface area (Å²) in [7, 11) is 0. The van der Waals surface area contributed by atoms with Crippen molar-refractivity contribution < 1.29 is 0 Å². The second-order valence-electron chi connectivity index (χ2n) is 6.54. The molecule has 0 radical (unpaired) electrons. The molecule has 1 unspecified atom stereocenters. The van der Waals surface area contributed by atoms with E-state index in [1.165, 1.54) is 36.8 Å². The Kier molecular flexibility index (Phi) is 7.91. The largest absolute Gasteiger partial charge is 0.314 e. The number of benzene rings is 1. The Bertz CT molecular complexity index is 349. The Balaban J connectivity index is 2.62. The van der Waals surface area contributed by atoms with Crippen LogP contribution in [0.3, 0.4) is 0 Å². The molecule has 0 saturated carbocycles. The van der Waals surface area contributed by atoms with Crippen LogP contribution in [0.4, 0.5) is 0 Å². The predicted molar refractivity (Wildman–Crippen MR) is 90.2 cm³/mol. The van der Waals surface area contributed by atoms with Gasteiger partial charge in [-0.25, -0.2) is 0 Å². The van der Waals surface area contributed by atoms with Gasteiger partial charge in [0.25, 0.3) is 0 Å². The van der Waals surface area contributed by atoms with Crippen molar-refractivity contribution >= 4 is 0 Å². The summed E-state index contributed by atoms with van der Waals surface area (Å²) in [5.74, 6) is 1.63. The Hall–Kier alpha value is -0.820. The van der Waals surface area contributed by atoms with Crippen molar-refractivity contribution in [2.75, 3.05) is 6.54 Å². The van der Waals surface area contributed by atoms with E-state index in [2.05, 4.69) is 64.2 Å². The van der Waals surface area contributed by atoms with Crippen molar-refractivity contribution in [1.82, 2.24) is 5.32 Å². The van der Waals surface area contributed by atoms with Crippen LogP contribution in [0.25, 0.3) is 0 Å². The first-order chi connectivity index (χ1) is 9.55. The van der Waals surface area contributed by atoms with E-state index in [0.29, 0.717) is 6.04 Å². The molecule has 20 heavy (non-hydrogen) atoms. The van der Waals surface area contributed by atoms with Gasteiger partial charge in [-0.3, -0.25) is 0 Å². The maximum atomic E-state index is 3.63. The predicted octanol–water partition coefficient (Wildman–Crippen LogP) is 4.98. The van der Waals surface area contributed by atoms with Crippen LogP contribution >= 0.6 is 0 Å². The summed E-state index contributed by atoms with van der Waals surface area (Å²) in [5.41, 5.74) is 2.84. The fourth-order valence-corrected chi connectivity index (χ4v) is 2.79. The molecule has 0 aliphatic carbocycles. The lowest BCUT2D eigenvalue weighted by Gasteiger charge is -2.23. The molecule has 1 atom stereocenters. The third kappa shape index (κ3) is 6.56. The molecule has 0 aromatic heterocycles. The minimum atomic E-state index is 0.581. The van der Waals surface area contributed by atoms with Gasteiger partial charge in [0.2, 0.25) is 0 Å². The van der Waals surface area contributed by atoms with Gasteiger partial charge in [0.05, 0.1) is 0 Å². The monoisotopic (exact) mass is 275 g/mol. The minimum absolute atomic E-state index is 0.581. The second-order valence-corrected chi connectivity index (χ2v) is 6.54. The molecular formula is C19H33N. The molecule has 0 bridgehead atoms. The van der Waals surface area contributed by atoms with Gasteiger partial charge < -0.3 is 5.32 Å². The molecule has 0 saturated heterocycles. The van der Waals surface area contributed by atoms with E-state index in [-0.39, 0.29) is 0 Å². The van der Waals surface area contributed by atoms with Crippen LogP contribution < -0.4 is 5.32 Å². The van der Waals surface area contributed by atoms with Crippen LogP contribution in [0.5, 0.6) is 0 Å². The molecule has 0 spiro atoms. The zero-order chi connectivity index (χ0) is 15.0. The van der Waals surface area contributed by atoms with Crippen molar-refractivity contribution in [3.63, 3.8) is 0 Å². The van der Waals surface area contributed by atoms with Crippen molar-refractivity contribution in [1.29, 1.82) is 0 Å². The summed E-state index contributed by atoms with van der Waals surface area (Å²) in [6.07, 6.45) is 5.17. The molecule has 0 aliphatic heterocycles. The quantitative estimate of drug-likeness (QED) is 0.670. The van der Waals surface area contributed by atoms with Crippen LogP contribution in [0.1, 0.15) is 58.1 Å². The Labute approximate surface area is 126 Å². The zero-order valence-corrected chi connectivity index (χ0v) is 14.1. The topological polar surface area (TPSA) is 12.0 Å². The first-order valence-electron chi connectivity index (χ1n) is 8.34. The van der Waals surface area contributed by atoms with Gasteiger partial charge in [0, 0.05) is 6.04 Å². The highest BCUT2D eigenvalue weighted by atomic mass is 14.9. The Morgan fingerprint density at radius 2 is 1.55 bits per heavy atom. The van der Waals surface area contributed by atoms with E-state index in [1.54, 1.807) is 0 Å². The van der Waals surface area contributed by atoms with Gasteiger partial charge in [-0.2, -0.15) is 0 Å². The molecule has 0 aliphatic rings. The molecule has 1 heteroatoms. The van der Waals surface area contributed by atoms with Crippen molar-refractivity contribution in [3.05, 3.63) is 35.4 Å². The molecule has 1 aromatic carbocycles. The molecule has 1 nitrogen and oxygen atoms in total. The highest BCUT2D eigenvalue weighted by molar-refractivity contribution is 5.21. The van der Waals surface area contributed by atoms with Crippen molar-refractivity contribution in [2.24, 2.45) is 11.8 Å². The lowest BCUT2D eigenvalue weighted by atomic mass is 9.86. The van der Waals surface area contributed by atoms with Gasteiger partial charge in [-0.1, -0.05) is 70.4 Å². The summed E-state index contributed by atoms with van der Waals surface area (Å²) < 4.78 is 0. The molecule has 0 amide bonds. The Morgan fingerprint density at radius 1 is 0.950 bits per heavy atom. The van der Waals surface area contributed by atoms with Gasteiger partial charge in [-0.15, -0.1) is 0 Å². The number of aryl methyl sites for hydroxylation is 1. The van der Waals surface area contributed by atoms with Crippen LogP contribution in [-0.4, -0.2) is 12.6 Å². The molecule has 0 fully saturated rings. The summed E-state index contributed by atoms with van der Waals surface area (Å²) in [5, 5.41) is 3.63. The third-order valence-corrected chi connectivity index (χ3v) is 4.28. The van der Waals surface area contributed by atoms with Crippen LogP contribution in [0.2, 0.25) is 0 Å². The molecular weight excluding hydrogens is 242 g/mol. The fourth-order valence-electron chi connectivity index (χ4n) is 2.79. The summed E-state index contributed by atoms with van der Waals surface area (Å²) in [6, 6.07) is 9.64. The molecule has 1 N–H and O–H groups in total. The summed E-state index contributed by atoms with van der Waals surface area (Å²) in [6.45, 7) is 12.4. The number of rotatable bonds is 9. The highest BCUT2D eigenvalue weighted by Crippen LogP contribution is 2.22. The van der Waals surface area contributed by atoms with Crippen molar-refractivity contribution in [3.8, 4) is 0 Å². The van der Waals surface area contributed by atoms with E-state index >= 15 is 0 Å². The normalized spacial score (nSPS) is 13.2. The minimum Gasteiger partial charge on any atom is -0.314 e. The van der Waals surface area contributed by atoms with Crippen LogP contribution in [0, 0.1) is 18.8 Å². The van der Waals surface area contributed by atoms with E-state index in [1.807, 2.05) is 0 Å². The second kappa shape index (κ2) is 9.18. The molecule has 1 aromatic rings. The number of nitrogens with one attached hydrogen (secondary N) is 1. The standard InChI is InChI=1S/C19H33N/c1-6-17(7-2)12-19(14-20-15(3)4)13-18-10-8-16(5)9-11-18/h8-11,15,17,19-20H,6-7,12-14H2,1-5H3. The van der Waals surface area contributed by atoms with E-state index in [0.717, 1.165) is 18.4 Å². The van der Waals surface area contributed by atoms with Gasteiger partial charge >= 0.3 is 0 Å². The number of hydrogen-bond donors (Lipinski definition) is 1. The molecule has 114 valence electrons. The van der Waals surface area contributed by atoms with E-state index in [4.69, 9.17) is 0 Å². The molecule has 1 rings (SSSR count). The van der Waals surface area contributed by atoms with E-state index < -0.39 is 0 Å². The van der Waals surface area contributed by atoms with Gasteiger partial charge in [0.1, 0.15) is 0 Å². The van der Waals surface area contributed by atoms with Gasteiger partial charge in [-0.05, 0) is 43.7 Å².